The molecule has 180 valence electrons. The highest BCUT2D eigenvalue weighted by atomic mass is 32.1. The average molecular weight is 481 g/mol. The highest BCUT2D eigenvalue weighted by Gasteiger charge is 2.21. The van der Waals surface area contributed by atoms with Crippen molar-refractivity contribution in [3.8, 4) is 5.75 Å². The van der Waals surface area contributed by atoms with Gasteiger partial charge >= 0.3 is 0 Å². The molecule has 0 saturated carbocycles. The Balaban J connectivity index is 1.35. The Morgan fingerprint density at radius 2 is 1.74 bits per heavy atom. The first-order chi connectivity index (χ1) is 16.5. The predicted octanol–water partition coefficient (Wildman–Crippen LogP) is 4.90. The van der Waals surface area contributed by atoms with Crippen LogP contribution in [0.5, 0.6) is 5.75 Å². The van der Waals surface area contributed by atoms with Crippen molar-refractivity contribution in [3.63, 3.8) is 0 Å². The molecular formula is C26H32N4O3S. The molecule has 2 heterocycles. The zero-order valence-corrected chi connectivity index (χ0v) is 20.7. The molecule has 0 radical (unpaired) electrons. The molecule has 0 aliphatic carbocycles. The Morgan fingerprint density at radius 1 is 1.00 bits per heavy atom. The molecule has 3 aromatic rings. The first-order valence-corrected chi connectivity index (χ1v) is 12.8. The quantitative estimate of drug-likeness (QED) is 0.441. The van der Waals surface area contributed by atoms with Gasteiger partial charge in [0.05, 0.1) is 16.8 Å². The highest BCUT2D eigenvalue weighted by molar-refractivity contribution is 7.22. The summed E-state index contributed by atoms with van der Waals surface area (Å²) in [6.45, 7) is 6.12. The topological polar surface area (TPSA) is 74.8 Å². The minimum Gasteiger partial charge on any atom is -0.494 e. The maximum Gasteiger partial charge on any atom is 0.257 e. The number of amides is 2. The van der Waals surface area contributed by atoms with E-state index in [-0.39, 0.29) is 11.8 Å². The van der Waals surface area contributed by atoms with Crippen molar-refractivity contribution in [3.05, 3.63) is 53.6 Å². The van der Waals surface area contributed by atoms with Gasteiger partial charge in [0.25, 0.3) is 11.8 Å². The first-order valence-electron chi connectivity index (χ1n) is 12.0. The van der Waals surface area contributed by atoms with Crippen LogP contribution in [0, 0.1) is 0 Å². The number of aromatic nitrogens is 1. The molecule has 1 aliphatic rings. The van der Waals surface area contributed by atoms with E-state index in [9.17, 15) is 9.59 Å². The summed E-state index contributed by atoms with van der Waals surface area (Å²) in [4.78, 5) is 34.2. The van der Waals surface area contributed by atoms with Gasteiger partial charge in [-0.15, -0.1) is 0 Å². The summed E-state index contributed by atoms with van der Waals surface area (Å²) in [6, 6.07) is 12.7. The van der Waals surface area contributed by atoms with Crippen LogP contribution in [0.15, 0.2) is 42.5 Å². The molecule has 34 heavy (non-hydrogen) atoms. The van der Waals surface area contributed by atoms with Crippen LogP contribution < -0.4 is 10.1 Å². The number of nitrogens with zero attached hydrogens (tertiary/aromatic N) is 3. The molecule has 0 unspecified atom stereocenters. The van der Waals surface area contributed by atoms with Crippen molar-refractivity contribution in [2.24, 2.45) is 0 Å². The summed E-state index contributed by atoms with van der Waals surface area (Å²) in [5.41, 5.74) is 1.97. The van der Waals surface area contributed by atoms with Gasteiger partial charge in [0.2, 0.25) is 0 Å². The van der Waals surface area contributed by atoms with Crippen LogP contribution in [-0.4, -0.2) is 66.4 Å². The largest absolute Gasteiger partial charge is 0.494 e. The van der Waals surface area contributed by atoms with E-state index in [1.54, 1.807) is 12.1 Å². The van der Waals surface area contributed by atoms with Crippen LogP contribution >= 0.6 is 11.3 Å². The SMILES string of the molecule is CCCCCCOc1ccc(C(=O)Nc2nc3ccc(C(=O)N4CCN(C)CC4)cc3s2)cc1. The van der Waals surface area contributed by atoms with Crippen LogP contribution in [0.4, 0.5) is 5.13 Å². The van der Waals surface area contributed by atoms with Gasteiger partial charge in [-0.3, -0.25) is 14.9 Å². The molecule has 0 bridgehead atoms. The number of anilines is 1. The van der Waals surface area contributed by atoms with Gasteiger partial charge < -0.3 is 14.5 Å². The van der Waals surface area contributed by atoms with Crippen LogP contribution in [0.2, 0.25) is 0 Å². The van der Waals surface area contributed by atoms with E-state index in [1.807, 2.05) is 35.2 Å². The monoisotopic (exact) mass is 480 g/mol. The Bertz CT molecular complexity index is 1120. The predicted molar refractivity (Wildman–Crippen MR) is 137 cm³/mol. The lowest BCUT2D eigenvalue weighted by atomic mass is 10.1. The number of likely N-dealkylation sites (N-methyl/N-ethyl adjacent to an activating group) is 1. The summed E-state index contributed by atoms with van der Waals surface area (Å²) >= 11 is 1.37. The van der Waals surface area contributed by atoms with Crippen molar-refractivity contribution < 1.29 is 14.3 Å². The molecule has 4 rings (SSSR count). The molecule has 0 spiro atoms. The van der Waals surface area contributed by atoms with Crippen LogP contribution in [-0.2, 0) is 0 Å². The van der Waals surface area contributed by atoms with E-state index in [4.69, 9.17) is 4.74 Å². The fourth-order valence-corrected chi connectivity index (χ4v) is 4.79. The van der Waals surface area contributed by atoms with Crippen LogP contribution in [0.3, 0.4) is 0 Å². The van der Waals surface area contributed by atoms with Crippen molar-refractivity contribution >= 4 is 38.5 Å². The van der Waals surface area contributed by atoms with Gasteiger partial charge in [-0.1, -0.05) is 37.5 Å². The zero-order chi connectivity index (χ0) is 23.9. The molecule has 2 amide bonds. The minimum absolute atomic E-state index is 0.0432. The number of carbonyl (C=O) groups is 2. The fourth-order valence-electron chi connectivity index (χ4n) is 3.89. The number of benzene rings is 2. The second-order valence-electron chi connectivity index (χ2n) is 8.68. The lowest BCUT2D eigenvalue weighted by Gasteiger charge is -2.32. The molecule has 1 fully saturated rings. The third-order valence-electron chi connectivity index (χ3n) is 6.03. The van der Waals surface area contributed by atoms with E-state index in [1.165, 1.54) is 30.6 Å². The fraction of sp³-hybridized carbons (Fsp3) is 0.423. The van der Waals surface area contributed by atoms with Gasteiger partial charge in [-0.2, -0.15) is 0 Å². The summed E-state index contributed by atoms with van der Waals surface area (Å²) in [5.74, 6) is 0.592. The van der Waals surface area contributed by atoms with Crippen molar-refractivity contribution in [1.82, 2.24) is 14.8 Å². The maximum atomic E-state index is 12.9. The number of ether oxygens (including phenoxy) is 1. The second-order valence-corrected chi connectivity index (χ2v) is 9.72. The maximum absolute atomic E-state index is 12.9. The Labute approximate surface area is 204 Å². The van der Waals surface area contributed by atoms with E-state index in [0.717, 1.165) is 48.6 Å². The summed E-state index contributed by atoms with van der Waals surface area (Å²) in [6.07, 6.45) is 4.64. The molecule has 1 N–H and O–H groups in total. The molecule has 8 heteroatoms. The van der Waals surface area contributed by atoms with Crippen molar-refractivity contribution in [2.75, 3.05) is 45.2 Å². The number of nitrogens with one attached hydrogen (secondary N) is 1. The Hall–Kier alpha value is -2.97. The number of hydrogen-bond donors (Lipinski definition) is 1. The highest BCUT2D eigenvalue weighted by Crippen LogP contribution is 2.28. The number of unbranched alkanes of at least 4 members (excludes halogenated alkanes) is 3. The number of rotatable bonds is 9. The minimum atomic E-state index is -0.220. The average Bonchev–Trinajstić information content (AvgIpc) is 3.25. The molecule has 1 aromatic heterocycles. The molecule has 7 nitrogen and oxygen atoms in total. The molecular weight excluding hydrogens is 448 g/mol. The smallest absolute Gasteiger partial charge is 0.257 e. The lowest BCUT2D eigenvalue weighted by Crippen LogP contribution is -2.47. The number of thiazole rings is 1. The molecule has 2 aromatic carbocycles. The molecule has 0 atom stereocenters. The standard InChI is InChI=1S/C26H32N4O3S/c1-3-4-5-6-17-33-21-10-7-19(8-11-21)24(31)28-26-27-22-12-9-20(18-23(22)34-26)25(32)30-15-13-29(2)14-16-30/h7-12,18H,3-6,13-17H2,1-2H3,(H,27,28,31). The van der Waals surface area contributed by atoms with Gasteiger partial charge in [0.15, 0.2) is 5.13 Å². The van der Waals surface area contributed by atoms with Crippen molar-refractivity contribution in [1.29, 1.82) is 0 Å². The first kappa shape index (κ1) is 24.2. The Morgan fingerprint density at radius 3 is 2.47 bits per heavy atom. The van der Waals surface area contributed by atoms with Gasteiger partial charge in [-0.05, 0) is 55.9 Å². The number of hydrogen-bond acceptors (Lipinski definition) is 6. The van der Waals surface area contributed by atoms with Gasteiger partial charge in [-0.25, -0.2) is 4.98 Å². The molecule has 1 aliphatic heterocycles. The molecule has 1 saturated heterocycles. The zero-order valence-electron chi connectivity index (χ0n) is 19.9. The summed E-state index contributed by atoms with van der Waals surface area (Å²) in [7, 11) is 2.07. The third kappa shape index (κ3) is 6.12. The second kappa shape index (κ2) is 11.4. The third-order valence-corrected chi connectivity index (χ3v) is 6.96. The van der Waals surface area contributed by atoms with Gasteiger partial charge in [0, 0.05) is 37.3 Å². The van der Waals surface area contributed by atoms with Gasteiger partial charge in [0.1, 0.15) is 5.75 Å². The van der Waals surface area contributed by atoms with E-state index in [2.05, 4.69) is 29.2 Å². The van der Waals surface area contributed by atoms with Crippen molar-refractivity contribution in [2.45, 2.75) is 32.6 Å². The van der Waals surface area contributed by atoms with E-state index in [0.29, 0.717) is 22.9 Å². The van der Waals surface area contributed by atoms with Crippen LogP contribution in [0.25, 0.3) is 10.2 Å². The number of piperazine rings is 1. The van der Waals surface area contributed by atoms with Crippen LogP contribution in [0.1, 0.15) is 53.3 Å². The normalized spacial score (nSPS) is 14.4. The van der Waals surface area contributed by atoms with E-state index >= 15 is 0 Å². The number of carbonyl (C=O) groups excluding carboxylic acids is 2. The Kier molecular flexibility index (Phi) is 8.13. The number of fused-ring (bicyclic) bond motifs is 1. The lowest BCUT2D eigenvalue weighted by molar-refractivity contribution is 0.0664. The van der Waals surface area contributed by atoms with E-state index < -0.39 is 0 Å². The summed E-state index contributed by atoms with van der Waals surface area (Å²) < 4.78 is 6.63. The summed E-state index contributed by atoms with van der Waals surface area (Å²) in [5, 5.41) is 3.39.